The summed E-state index contributed by atoms with van der Waals surface area (Å²) in [5.74, 6) is -0.417. The van der Waals surface area contributed by atoms with Crippen LogP contribution in [0.25, 0.3) is 6.08 Å². The molecule has 154 valence electrons. The van der Waals surface area contributed by atoms with Gasteiger partial charge in [0.15, 0.2) is 5.70 Å². The van der Waals surface area contributed by atoms with E-state index in [-0.39, 0.29) is 23.9 Å². The average Bonchev–Trinajstić information content (AvgIpc) is 3.14. The molecule has 3 aromatic rings. The molecule has 31 heavy (non-hydrogen) atoms. The Morgan fingerprint density at radius 2 is 1.74 bits per heavy atom. The zero-order valence-electron chi connectivity index (χ0n) is 16.0. The minimum atomic E-state index is -0.621. The summed E-state index contributed by atoms with van der Waals surface area (Å²) < 4.78 is 24.1. The van der Waals surface area contributed by atoms with Crippen LogP contribution in [0.4, 0.5) is 10.1 Å². The summed E-state index contributed by atoms with van der Waals surface area (Å²) in [7, 11) is 0. The van der Waals surface area contributed by atoms with E-state index < -0.39 is 16.7 Å². The van der Waals surface area contributed by atoms with Crippen LogP contribution in [0.2, 0.25) is 0 Å². The van der Waals surface area contributed by atoms with Crippen molar-refractivity contribution in [3.63, 3.8) is 0 Å². The number of esters is 1. The highest BCUT2D eigenvalue weighted by molar-refractivity contribution is 6.12. The molecule has 0 atom stereocenters. The van der Waals surface area contributed by atoms with Crippen molar-refractivity contribution in [2.75, 3.05) is 0 Å². The Balaban J connectivity index is 1.54. The molecule has 0 aliphatic carbocycles. The molecule has 0 unspecified atom stereocenters. The number of nitro groups is 1. The van der Waals surface area contributed by atoms with Gasteiger partial charge in [0.05, 0.1) is 4.92 Å². The maximum absolute atomic E-state index is 13.1. The molecule has 0 spiro atoms. The molecule has 0 aromatic heterocycles. The van der Waals surface area contributed by atoms with Gasteiger partial charge in [-0.2, -0.15) is 0 Å². The van der Waals surface area contributed by atoms with Crippen molar-refractivity contribution in [1.29, 1.82) is 0 Å². The van der Waals surface area contributed by atoms with Gasteiger partial charge in [-0.05, 0) is 54.1 Å². The molecule has 0 bridgehead atoms. The second kappa shape index (κ2) is 8.58. The summed E-state index contributed by atoms with van der Waals surface area (Å²) in [4.78, 5) is 26.7. The third kappa shape index (κ3) is 4.64. The van der Waals surface area contributed by atoms with Crippen LogP contribution in [0.5, 0.6) is 5.75 Å². The van der Waals surface area contributed by atoms with Crippen LogP contribution in [0, 0.1) is 15.9 Å². The summed E-state index contributed by atoms with van der Waals surface area (Å²) in [5, 5.41) is 10.8. The predicted octanol–water partition coefficient (Wildman–Crippen LogP) is 4.66. The number of benzene rings is 3. The number of nitrogens with zero attached hydrogens (tertiary/aromatic N) is 2. The third-order valence-electron chi connectivity index (χ3n) is 4.46. The van der Waals surface area contributed by atoms with E-state index in [0.29, 0.717) is 16.9 Å². The number of hydrogen-bond acceptors (Lipinski definition) is 6. The Hall–Kier alpha value is -4.33. The molecular weight excluding hydrogens is 403 g/mol. The number of nitro benzene ring substituents is 1. The number of halogens is 1. The monoisotopic (exact) mass is 418 g/mol. The summed E-state index contributed by atoms with van der Waals surface area (Å²) in [5.41, 5.74) is 1.94. The zero-order valence-corrected chi connectivity index (χ0v) is 16.0. The number of rotatable bonds is 6. The number of ether oxygens (including phenoxy) is 2. The first-order valence-corrected chi connectivity index (χ1v) is 9.23. The van der Waals surface area contributed by atoms with Crippen LogP contribution in [0.1, 0.15) is 16.7 Å². The highest BCUT2D eigenvalue weighted by atomic mass is 19.1. The largest absolute Gasteiger partial charge is 0.488 e. The molecule has 8 heteroatoms. The first-order valence-electron chi connectivity index (χ1n) is 9.23. The van der Waals surface area contributed by atoms with E-state index in [4.69, 9.17) is 9.47 Å². The highest BCUT2D eigenvalue weighted by Crippen LogP contribution is 2.26. The fraction of sp³-hybridized carbons (Fsp3) is 0.0435. The molecule has 1 heterocycles. The topological polar surface area (TPSA) is 91.0 Å². The van der Waals surface area contributed by atoms with Gasteiger partial charge >= 0.3 is 5.97 Å². The van der Waals surface area contributed by atoms with Gasteiger partial charge in [-0.25, -0.2) is 14.2 Å². The van der Waals surface area contributed by atoms with Gasteiger partial charge in [-0.1, -0.05) is 18.2 Å². The van der Waals surface area contributed by atoms with Gasteiger partial charge < -0.3 is 9.47 Å². The molecule has 4 rings (SSSR count). The van der Waals surface area contributed by atoms with E-state index >= 15 is 0 Å². The lowest BCUT2D eigenvalue weighted by Crippen LogP contribution is -2.05. The molecule has 0 saturated heterocycles. The van der Waals surface area contributed by atoms with Crippen molar-refractivity contribution in [3.05, 3.63) is 111 Å². The van der Waals surface area contributed by atoms with E-state index in [1.54, 1.807) is 42.5 Å². The number of para-hydroxylation sites is 1. The molecule has 7 nitrogen and oxygen atoms in total. The lowest BCUT2D eigenvalue weighted by Gasteiger charge is -2.09. The number of aliphatic imine (C=N–C) groups is 1. The maximum Gasteiger partial charge on any atom is 0.363 e. The molecule has 0 saturated carbocycles. The van der Waals surface area contributed by atoms with E-state index in [9.17, 15) is 19.3 Å². The molecule has 3 aromatic carbocycles. The van der Waals surface area contributed by atoms with Crippen LogP contribution >= 0.6 is 0 Å². The summed E-state index contributed by atoms with van der Waals surface area (Å²) in [6.07, 6.45) is 1.55. The van der Waals surface area contributed by atoms with Crippen molar-refractivity contribution in [3.8, 4) is 5.75 Å². The van der Waals surface area contributed by atoms with Crippen LogP contribution < -0.4 is 4.74 Å². The number of non-ortho nitro benzene ring substituents is 1. The smallest absolute Gasteiger partial charge is 0.363 e. The van der Waals surface area contributed by atoms with Crippen LogP contribution in [0.15, 0.2) is 83.5 Å². The number of hydrogen-bond donors (Lipinski definition) is 0. The summed E-state index contributed by atoms with van der Waals surface area (Å²) in [6.45, 7) is 0.187. The quantitative estimate of drug-likeness (QED) is 0.251. The van der Waals surface area contributed by atoms with E-state index in [1.807, 2.05) is 0 Å². The van der Waals surface area contributed by atoms with Gasteiger partial charge in [0.2, 0.25) is 5.90 Å². The van der Waals surface area contributed by atoms with Gasteiger partial charge in [-0.15, -0.1) is 0 Å². The van der Waals surface area contributed by atoms with Gasteiger partial charge in [0, 0.05) is 23.3 Å². The van der Waals surface area contributed by atoms with Crippen molar-refractivity contribution in [1.82, 2.24) is 0 Å². The van der Waals surface area contributed by atoms with Gasteiger partial charge in [-0.3, -0.25) is 10.1 Å². The second-order valence-electron chi connectivity index (χ2n) is 6.59. The van der Waals surface area contributed by atoms with E-state index in [0.717, 1.165) is 5.56 Å². The highest BCUT2D eigenvalue weighted by Gasteiger charge is 2.24. The standard InChI is InChI=1S/C23H15FN2O5/c24-18-9-7-16(8-10-18)22-25-20(23(27)31-22)13-17-3-1-2-4-21(17)30-14-15-5-11-19(12-6-15)26(28)29/h1-13H,14H2/b20-13-. The third-order valence-corrected chi connectivity index (χ3v) is 4.46. The van der Waals surface area contributed by atoms with Crippen molar-refractivity contribution in [2.24, 2.45) is 4.99 Å². The first kappa shape index (κ1) is 20.0. The molecule has 0 N–H and O–H groups in total. The minimum Gasteiger partial charge on any atom is -0.488 e. The fourth-order valence-corrected chi connectivity index (χ4v) is 2.88. The maximum atomic E-state index is 13.1. The van der Waals surface area contributed by atoms with Crippen molar-refractivity contribution in [2.45, 2.75) is 6.61 Å². The average molecular weight is 418 g/mol. The Morgan fingerprint density at radius 1 is 1.03 bits per heavy atom. The lowest BCUT2D eigenvalue weighted by molar-refractivity contribution is -0.384. The lowest BCUT2D eigenvalue weighted by atomic mass is 10.1. The van der Waals surface area contributed by atoms with E-state index in [1.165, 1.54) is 36.4 Å². The molecule has 1 aliphatic rings. The molecule has 1 aliphatic heterocycles. The van der Waals surface area contributed by atoms with Crippen LogP contribution in [0.3, 0.4) is 0 Å². The SMILES string of the molecule is O=C1OC(c2ccc(F)cc2)=N/C1=C\c1ccccc1OCc1ccc([N+](=O)[O-])cc1. The number of cyclic esters (lactones) is 1. The molecule has 0 radical (unpaired) electrons. The summed E-state index contributed by atoms with van der Waals surface area (Å²) in [6, 6.07) is 18.6. The van der Waals surface area contributed by atoms with Crippen LogP contribution in [-0.2, 0) is 16.1 Å². The van der Waals surface area contributed by atoms with Gasteiger partial charge in [0.25, 0.3) is 5.69 Å². The molecule has 0 amide bonds. The first-order chi connectivity index (χ1) is 15.0. The predicted molar refractivity (Wildman–Crippen MR) is 111 cm³/mol. The summed E-state index contributed by atoms with van der Waals surface area (Å²) >= 11 is 0. The van der Waals surface area contributed by atoms with E-state index in [2.05, 4.69) is 4.99 Å². The fourth-order valence-electron chi connectivity index (χ4n) is 2.88. The Bertz CT molecular complexity index is 1200. The van der Waals surface area contributed by atoms with Crippen LogP contribution in [-0.4, -0.2) is 16.8 Å². The molecule has 0 fully saturated rings. The Morgan fingerprint density at radius 3 is 2.45 bits per heavy atom. The normalized spacial score (nSPS) is 14.3. The second-order valence-corrected chi connectivity index (χ2v) is 6.59. The van der Waals surface area contributed by atoms with Crippen molar-refractivity contribution >= 4 is 23.6 Å². The number of carbonyl (C=O) groups is 1. The zero-order chi connectivity index (χ0) is 21.8. The van der Waals surface area contributed by atoms with Crippen molar-refractivity contribution < 1.29 is 23.6 Å². The Labute approximate surface area is 176 Å². The Kier molecular flexibility index (Phi) is 5.53. The number of carbonyl (C=O) groups excluding carboxylic acids is 1. The van der Waals surface area contributed by atoms with Gasteiger partial charge in [0.1, 0.15) is 18.2 Å². The molecular formula is C23H15FN2O5. The minimum absolute atomic E-state index is 0.00319.